The second kappa shape index (κ2) is 8.37. The molecule has 0 amide bonds. The van der Waals surface area contributed by atoms with Gasteiger partial charge in [0.1, 0.15) is 12.4 Å². The van der Waals surface area contributed by atoms with Crippen LogP contribution in [0, 0.1) is 5.92 Å². The molecule has 1 aromatic carbocycles. The first kappa shape index (κ1) is 16.3. The van der Waals surface area contributed by atoms with Gasteiger partial charge in [0.25, 0.3) is 0 Å². The van der Waals surface area contributed by atoms with E-state index in [0.29, 0.717) is 12.0 Å². The van der Waals surface area contributed by atoms with E-state index in [0.717, 1.165) is 45.1 Å². The highest BCUT2D eigenvalue weighted by atomic mass is 16.5. The summed E-state index contributed by atoms with van der Waals surface area (Å²) in [7, 11) is 1.78. The highest BCUT2D eigenvalue weighted by Gasteiger charge is 2.22. The third-order valence-electron chi connectivity index (χ3n) is 3.79. The maximum atomic E-state index is 5.85. The number of ether oxygens (including phenoxy) is 2. The maximum absolute atomic E-state index is 5.85. The number of hydrogen-bond donors (Lipinski definition) is 1. The molecule has 1 aliphatic heterocycles. The van der Waals surface area contributed by atoms with Crippen LogP contribution in [0.2, 0.25) is 0 Å². The topological polar surface area (TPSA) is 33.7 Å². The summed E-state index contributed by atoms with van der Waals surface area (Å²) in [6.45, 7) is 9.80. The molecule has 0 spiro atoms. The Morgan fingerprint density at radius 3 is 2.86 bits per heavy atom. The van der Waals surface area contributed by atoms with Crippen molar-refractivity contribution in [1.82, 2.24) is 10.2 Å². The maximum Gasteiger partial charge on any atom is 0.123 e. The zero-order chi connectivity index (χ0) is 15.1. The Bertz CT molecular complexity index is 423. The fourth-order valence-corrected chi connectivity index (χ4v) is 2.68. The van der Waals surface area contributed by atoms with Crippen molar-refractivity contribution in [2.75, 3.05) is 40.0 Å². The van der Waals surface area contributed by atoms with Crippen LogP contribution in [0.25, 0.3) is 0 Å². The summed E-state index contributed by atoms with van der Waals surface area (Å²) in [5.41, 5.74) is 1.26. The van der Waals surface area contributed by atoms with E-state index in [4.69, 9.17) is 9.47 Å². The van der Waals surface area contributed by atoms with Crippen molar-refractivity contribution in [2.24, 2.45) is 5.92 Å². The number of hydrogen-bond acceptors (Lipinski definition) is 4. The molecule has 4 heteroatoms. The molecule has 0 bridgehead atoms. The zero-order valence-electron chi connectivity index (χ0n) is 13.5. The summed E-state index contributed by atoms with van der Waals surface area (Å²) >= 11 is 0. The van der Waals surface area contributed by atoms with Crippen LogP contribution < -0.4 is 10.1 Å². The molecule has 0 aromatic heterocycles. The highest BCUT2D eigenvalue weighted by Crippen LogP contribution is 2.23. The molecule has 1 N–H and O–H groups in total. The predicted molar refractivity (Wildman–Crippen MR) is 85.7 cm³/mol. The van der Waals surface area contributed by atoms with E-state index >= 15 is 0 Å². The monoisotopic (exact) mass is 292 g/mol. The number of methoxy groups -OCH3 is 1. The molecule has 1 aliphatic rings. The van der Waals surface area contributed by atoms with Crippen molar-refractivity contribution in [3.63, 3.8) is 0 Å². The average molecular weight is 292 g/mol. The van der Waals surface area contributed by atoms with E-state index in [1.807, 2.05) is 6.07 Å². The lowest BCUT2D eigenvalue weighted by molar-refractivity contribution is 0.0799. The van der Waals surface area contributed by atoms with Gasteiger partial charge in [-0.2, -0.15) is 0 Å². The van der Waals surface area contributed by atoms with Gasteiger partial charge in [0.15, 0.2) is 0 Å². The Balaban J connectivity index is 1.99. The fourth-order valence-electron chi connectivity index (χ4n) is 2.68. The molecule has 0 aliphatic carbocycles. The van der Waals surface area contributed by atoms with Crippen LogP contribution in [-0.4, -0.2) is 50.9 Å². The number of nitrogens with zero attached hydrogens (tertiary/aromatic N) is 1. The molecule has 0 saturated carbocycles. The van der Waals surface area contributed by atoms with Crippen LogP contribution in [0.4, 0.5) is 0 Å². The second-order valence-electron chi connectivity index (χ2n) is 6.09. The van der Waals surface area contributed by atoms with E-state index in [-0.39, 0.29) is 0 Å². The molecule has 118 valence electrons. The van der Waals surface area contributed by atoms with Crippen molar-refractivity contribution >= 4 is 0 Å². The van der Waals surface area contributed by atoms with Gasteiger partial charge < -0.3 is 14.8 Å². The Hall–Kier alpha value is -1.10. The molecular formula is C17H28N2O2. The van der Waals surface area contributed by atoms with Gasteiger partial charge in [-0.15, -0.1) is 0 Å². The van der Waals surface area contributed by atoms with Crippen LogP contribution in [0.15, 0.2) is 24.3 Å². The Labute approximate surface area is 128 Å². The summed E-state index contributed by atoms with van der Waals surface area (Å²) in [4.78, 5) is 2.46. The molecule has 4 nitrogen and oxygen atoms in total. The van der Waals surface area contributed by atoms with Gasteiger partial charge in [-0.3, -0.25) is 4.90 Å². The molecule has 21 heavy (non-hydrogen) atoms. The number of benzene rings is 1. The molecule has 1 atom stereocenters. The molecule has 1 unspecified atom stereocenters. The molecule has 0 radical (unpaired) electrons. The number of fused-ring (bicyclic) bond motifs is 1. The van der Waals surface area contributed by atoms with Gasteiger partial charge in [0.2, 0.25) is 0 Å². The summed E-state index contributed by atoms with van der Waals surface area (Å²) in [6, 6.07) is 8.70. The minimum atomic E-state index is 0.378. The van der Waals surface area contributed by atoms with Crippen molar-refractivity contribution < 1.29 is 9.47 Å². The van der Waals surface area contributed by atoms with Crippen LogP contribution in [0.3, 0.4) is 0 Å². The normalized spacial score (nSPS) is 17.1. The highest BCUT2D eigenvalue weighted by molar-refractivity contribution is 5.33. The van der Waals surface area contributed by atoms with Gasteiger partial charge in [-0.05, 0) is 18.5 Å². The van der Waals surface area contributed by atoms with Crippen molar-refractivity contribution in [1.29, 1.82) is 0 Å². The molecule has 1 heterocycles. The predicted octanol–water partition coefficient (Wildman–Crippen LogP) is 2.14. The fraction of sp³-hybridized carbons (Fsp3) is 0.647. The minimum Gasteiger partial charge on any atom is -0.492 e. The molecule has 2 rings (SSSR count). The van der Waals surface area contributed by atoms with Crippen LogP contribution in [0.1, 0.15) is 19.4 Å². The Morgan fingerprint density at radius 2 is 2.10 bits per heavy atom. The van der Waals surface area contributed by atoms with E-state index in [2.05, 4.69) is 42.3 Å². The van der Waals surface area contributed by atoms with E-state index in [9.17, 15) is 0 Å². The third-order valence-corrected chi connectivity index (χ3v) is 3.79. The summed E-state index contributed by atoms with van der Waals surface area (Å²) < 4.78 is 11.3. The largest absolute Gasteiger partial charge is 0.492 e. The minimum absolute atomic E-state index is 0.378. The standard InChI is InChI=1S/C17H28N2O2/c1-14(2)10-18-11-16(13-20-3)19-8-9-21-17-7-5-4-6-15(17)12-19/h4-7,14,16,18H,8-13H2,1-3H3. The number of rotatable bonds is 7. The molecule has 0 saturated heterocycles. The van der Waals surface area contributed by atoms with Crippen molar-refractivity contribution in [2.45, 2.75) is 26.4 Å². The zero-order valence-corrected chi connectivity index (χ0v) is 13.5. The third kappa shape index (κ3) is 4.99. The lowest BCUT2D eigenvalue weighted by Gasteiger charge is -2.30. The van der Waals surface area contributed by atoms with E-state index < -0.39 is 0 Å². The Kier molecular flexibility index (Phi) is 6.49. The Morgan fingerprint density at radius 1 is 1.29 bits per heavy atom. The van der Waals surface area contributed by atoms with E-state index in [1.165, 1.54) is 5.56 Å². The van der Waals surface area contributed by atoms with Gasteiger partial charge in [-0.25, -0.2) is 0 Å². The van der Waals surface area contributed by atoms with Crippen molar-refractivity contribution in [3.05, 3.63) is 29.8 Å². The first-order valence-electron chi connectivity index (χ1n) is 7.85. The van der Waals surface area contributed by atoms with Crippen LogP contribution >= 0.6 is 0 Å². The SMILES string of the molecule is COCC(CNCC(C)C)N1CCOc2ccccc2C1. The first-order chi connectivity index (χ1) is 10.2. The van der Waals surface area contributed by atoms with Gasteiger partial charge in [-0.1, -0.05) is 32.0 Å². The van der Waals surface area contributed by atoms with Crippen LogP contribution in [-0.2, 0) is 11.3 Å². The lowest BCUT2D eigenvalue weighted by atomic mass is 10.1. The molecule has 1 aromatic rings. The molecular weight excluding hydrogens is 264 g/mol. The first-order valence-corrected chi connectivity index (χ1v) is 7.85. The summed E-state index contributed by atoms with van der Waals surface area (Å²) in [5.74, 6) is 1.69. The van der Waals surface area contributed by atoms with Crippen molar-refractivity contribution in [3.8, 4) is 5.75 Å². The smallest absolute Gasteiger partial charge is 0.123 e. The quantitative estimate of drug-likeness (QED) is 0.835. The summed E-state index contributed by atoms with van der Waals surface area (Å²) in [6.07, 6.45) is 0. The number of para-hydroxylation sites is 1. The summed E-state index contributed by atoms with van der Waals surface area (Å²) in [5, 5.41) is 3.55. The number of nitrogens with one attached hydrogen (secondary N) is 1. The second-order valence-corrected chi connectivity index (χ2v) is 6.09. The van der Waals surface area contributed by atoms with Gasteiger partial charge in [0.05, 0.1) is 6.61 Å². The average Bonchev–Trinajstić information content (AvgIpc) is 2.68. The van der Waals surface area contributed by atoms with Crippen LogP contribution in [0.5, 0.6) is 5.75 Å². The van der Waals surface area contributed by atoms with Gasteiger partial charge in [0, 0.05) is 38.3 Å². The lowest BCUT2D eigenvalue weighted by Crippen LogP contribution is -2.46. The van der Waals surface area contributed by atoms with E-state index in [1.54, 1.807) is 7.11 Å². The van der Waals surface area contributed by atoms with Gasteiger partial charge >= 0.3 is 0 Å². The molecule has 0 fully saturated rings.